The van der Waals surface area contributed by atoms with Crippen molar-refractivity contribution in [2.24, 2.45) is 0 Å². The van der Waals surface area contributed by atoms with Gasteiger partial charge in [-0.05, 0) is 45.3 Å². The lowest BCUT2D eigenvalue weighted by Crippen LogP contribution is -2.54. The Morgan fingerprint density at radius 1 is 1.00 bits per heavy atom. The molecule has 182 valence electrons. The van der Waals surface area contributed by atoms with Crippen LogP contribution in [0.4, 0.5) is 0 Å². The first-order valence-corrected chi connectivity index (χ1v) is 14.9. The normalized spacial score (nSPS) is 11.3. The van der Waals surface area contributed by atoms with Crippen molar-refractivity contribution in [3.8, 4) is 0 Å². The number of esters is 1. The Morgan fingerprint density at radius 2 is 1.50 bits per heavy atom. The van der Waals surface area contributed by atoms with Crippen LogP contribution in [0.2, 0.25) is 12.6 Å². The lowest BCUT2D eigenvalue weighted by Gasteiger charge is -2.25. The van der Waals surface area contributed by atoms with Crippen molar-refractivity contribution in [3.05, 3.63) is 48.6 Å². The van der Waals surface area contributed by atoms with Crippen LogP contribution >= 0.6 is 0 Å². The van der Waals surface area contributed by atoms with Crippen LogP contribution in [-0.2, 0) is 31.7 Å². The highest BCUT2D eigenvalue weighted by Crippen LogP contribution is 2.16. The highest BCUT2D eigenvalue weighted by atomic mass is 28.4. The maximum Gasteiger partial charge on any atom is 0.536 e. The van der Waals surface area contributed by atoms with E-state index in [9.17, 15) is 4.79 Å². The van der Waals surface area contributed by atoms with E-state index in [0.29, 0.717) is 25.4 Å². The third-order valence-corrected chi connectivity index (χ3v) is 10.3. The van der Waals surface area contributed by atoms with Crippen LogP contribution in [-0.4, -0.2) is 64.5 Å². The summed E-state index contributed by atoms with van der Waals surface area (Å²) in [6.07, 6.45) is 2.56. The zero-order chi connectivity index (χ0) is 24.6. The predicted octanol–water partition coefficient (Wildman–Crippen LogP) is 4.06. The van der Waals surface area contributed by atoms with E-state index in [1.165, 1.54) is 0 Å². The zero-order valence-corrected chi connectivity index (χ0v) is 22.7. The van der Waals surface area contributed by atoms with Gasteiger partial charge in [-0.15, -0.1) is 0 Å². The first kappa shape index (κ1) is 30.4. The van der Waals surface area contributed by atoms with Gasteiger partial charge in [0.1, 0.15) is 0 Å². The molecule has 0 aromatic heterocycles. The highest BCUT2D eigenvalue weighted by molar-refractivity contribution is 6.75. The second-order valence-corrected chi connectivity index (χ2v) is 13.3. The van der Waals surface area contributed by atoms with Gasteiger partial charge in [-0.3, -0.25) is 0 Å². The molecule has 1 aromatic carbocycles. The summed E-state index contributed by atoms with van der Waals surface area (Å²) in [5.41, 5.74) is 1.49. The highest BCUT2D eigenvalue weighted by Gasteiger charge is 2.40. The van der Waals surface area contributed by atoms with E-state index in [4.69, 9.17) is 26.9 Å². The van der Waals surface area contributed by atoms with Gasteiger partial charge in [-0.1, -0.05) is 43.5 Å². The van der Waals surface area contributed by atoms with Gasteiger partial charge in [-0.2, -0.15) is 0 Å². The predicted molar refractivity (Wildman–Crippen MR) is 133 cm³/mol. The lowest BCUT2D eigenvalue weighted by atomic mass is 10.2. The Labute approximate surface area is 195 Å². The Hall–Kier alpha value is -1.60. The average molecular weight is 485 g/mol. The van der Waals surface area contributed by atoms with Crippen molar-refractivity contribution in [2.75, 3.05) is 41.2 Å². The maximum absolute atomic E-state index is 11.1. The van der Waals surface area contributed by atoms with E-state index in [1.807, 2.05) is 44.7 Å². The van der Waals surface area contributed by atoms with Crippen LogP contribution in [0.5, 0.6) is 0 Å². The molecule has 1 rings (SSSR count). The topological polar surface area (TPSA) is 72.5 Å². The SMILES string of the molecule is C=C(C)C(=O)OCCC[Si](C)(OCC)OCC.C=Cc1ccc([Si](OC)(OC)OC)cc1. The van der Waals surface area contributed by atoms with E-state index >= 15 is 0 Å². The number of rotatable bonds is 14. The molecule has 7 nitrogen and oxygen atoms in total. The second-order valence-electron chi connectivity index (χ2n) is 7.01. The Bertz CT molecular complexity index is 674. The molecular weight excluding hydrogens is 444 g/mol. The number of hydrogen-bond donors (Lipinski definition) is 0. The molecule has 32 heavy (non-hydrogen) atoms. The quantitative estimate of drug-likeness (QED) is 0.171. The van der Waals surface area contributed by atoms with E-state index < -0.39 is 17.4 Å². The molecule has 0 saturated heterocycles. The van der Waals surface area contributed by atoms with Gasteiger partial charge < -0.3 is 26.9 Å². The molecule has 0 spiro atoms. The van der Waals surface area contributed by atoms with Crippen LogP contribution in [0.15, 0.2) is 43.0 Å². The van der Waals surface area contributed by atoms with Crippen LogP contribution in [0.25, 0.3) is 6.08 Å². The van der Waals surface area contributed by atoms with Gasteiger partial charge >= 0.3 is 23.3 Å². The maximum atomic E-state index is 11.1. The molecule has 9 heteroatoms. The summed E-state index contributed by atoms with van der Waals surface area (Å²) in [5, 5.41) is 0.945. The van der Waals surface area contributed by atoms with E-state index in [1.54, 1.807) is 34.3 Å². The van der Waals surface area contributed by atoms with Gasteiger partial charge in [-0.25, -0.2) is 4.79 Å². The molecule has 0 aliphatic heterocycles. The number of carbonyl (C=O) groups excluding carboxylic acids is 1. The van der Waals surface area contributed by atoms with Gasteiger partial charge in [0.25, 0.3) is 0 Å². The number of benzene rings is 1. The minimum absolute atomic E-state index is 0.332. The van der Waals surface area contributed by atoms with Crippen molar-refractivity contribution in [1.29, 1.82) is 0 Å². The van der Waals surface area contributed by atoms with Gasteiger partial charge in [0.15, 0.2) is 0 Å². The molecule has 0 radical (unpaired) electrons. The molecule has 0 aliphatic rings. The van der Waals surface area contributed by atoms with Gasteiger partial charge in [0, 0.05) is 45.3 Å². The molecule has 1 aromatic rings. The Balaban J connectivity index is 0.000000604. The molecule has 0 amide bonds. The number of carbonyl (C=O) groups is 1. The van der Waals surface area contributed by atoms with Crippen LogP contribution in [0, 0.1) is 0 Å². The third-order valence-electron chi connectivity index (χ3n) is 4.56. The summed E-state index contributed by atoms with van der Waals surface area (Å²) in [6.45, 7) is 16.6. The fourth-order valence-electron chi connectivity index (χ4n) is 2.90. The van der Waals surface area contributed by atoms with Crippen molar-refractivity contribution in [2.45, 2.75) is 39.8 Å². The first-order chi connectivity index (χ1) is 15.2. The first-order valence-electron chi connectivity index (χ1n) is 10.7. The van der Waals surface area contributed by atoms with Crippen LogP contribution in [0.3, 0.4) is 0 Å². The molecule has 0 bridgehead atoms. The summed E-state index contributed by atoms with van der Waals surface area (Å²) >= 11 is 0. The molecular formula is C23H40O7Si2. The van der Waals surface area contributed by atoms with E-state index in [2.05, 4.69) is 13.2 Å². The Morgan fingerprint density at radius 3 is 1.88 bits per heavy atom. The largest absolute Gasteiger partial charge is 0.536 e. The molecule has 0 heterocycles. The van der Waals surface area contributed by atoms with Crippen molar-refractivity contribution >= 4 is 34.6 Å². The van der Waals surface area contributed by atoms with Crippen molar-refractivity contribution in [3.63, 3.8) is 0 Å². The number of hydrogen-bond acceptors (Lipinski definition) is 7. The second kappa shape index (κ2) is 16.1. The average Bonchev–Trinajstić information content (AvgIpc) is 2.79. The fourth-order valence-corrected chi connectivity index (χ4v) is 7.07. The number of ether oxygens (including phenoxy) is 1. The van der Waals surface area contributed by atoms with Gasteiger partial charge in [0.05, 0.1) is 6.61 Å². The van der Waals surface area contributed by atoms with Gasteiger partial charge in [0.2, 0.25) is 0 Å². The van der Waals surface area contributed by atoms with E-state index in [0.717, 1.165) is 23.2 Å². The van der Waals surface area contributed by atoms with Crippen molar-refractivity contribution < 1.29 is 31.7 Å². The monoisotopic (exact) mass is 484 g/mol. The van der Waals surface area contributed by atoms with Crippen LogP contribution in [0.1, 0.15) is 32.8 Å². The molecule has 0 N–H and O–H groups in total. The summed E-state index contributed by atoms with van der Waals surface area (Å²) in [6, 6.07) is 8.64. The molecule has 0 unspecified atom stereocenters. The minimum Gasteiger partial charge on any atom is -0.462 e. The summed E-state index contributed by atoms with van der Waals surface area (Å²) < 4.78 is 32.5. The van der Waals surface area contributed by atoms with Crippen LogP contribution < -0.4 is 5.19 Å². The lowest BCUT2D eigenvalue weighted by molar-refractivity contribution is -0.138. The molecule has 0 aliphatic carbocycles. The zero-order valence-electron chi connectivity index (χ0n) is 20.7. The summed E-state index contributed by atoms with van der Waals surface area (Å²) in [5.74, 6) is -0.332. The molecule has 0 atom stereocenters. The third kappa shape index (κ3) is 10.3. The standard InChI is InChI=1S/C12H24O4Si.C11H16O3Si/c1-6-15-17(5,16-7-2)10-8-9-14-12(13)11(3)4;1-5-10-6-8-11(9-7-10)15(12-2,13-3)14-4/h3,6-10H2,1-2,4-5H3;5-9H,1H2,2-4H3. The minimum atomic E-state index is -2.66. The molecule has 0 saturated carbocycles. The summed E-state index contributed by atoms with van der Waals surface area (Å²) in [4.78, 5) is 11.1. The van der Waals surface area contributed by atoms with E-state index in [-0.39, 0.29) is 5.97 Å². The van der Waals surface area contributed by atoms with Crippen molar-refractivity contribution in [1.82, 2.24) is 0 Å². The summed E-state index contributed by atoms with van der Waals surface area (Å²) in [7, 11) is 0.0677. The Kier molecular flexibility index (Phi) is 15.3. The smallest absolute Gasteiger partial charge is 0.462 e. The molecule has 0 fully saturated rings. The fraction of sp³-hybridized carbons (Fsp3) is 0.522.